The summed E-state index contributed by atoms with van der Waals surface area (Å²) in [5, 5.41) is 14.7. The number of para-hydroxylation sites is 1. The lowest BCUT2D eigenvalue weighted by atomic mass is 9.93. The number of hydrogen-bond acceptors (Lipinski definition) is 3. The number of aliphatic carboxylic acids is 1. The van der Waals surface area contributed by atoms with Gasteiger partial charge in [-0.3, -0.25) is 4.79 Å². The molecule has 1 aromatic carbocycles. The lowest BCUT2D eigenvalue weighted by molar-refractivity contribution is -0.148. The summed E-state index contributed by atoms with van der Waals surface area (Å²) in [6.07, 6.45) is 1.63. The molecular weight excluding hydrogens is 322 g/mol. The average Bonchev–Trinajstić information content (AvgIpc) is 2.62. The maximum atomic E-state index is 12.5. The molecular formula is C18H25N3O4. The van der Waals surface area contributed by atoms with Gasteiger partial charge in [0.1, 0.15) is 5.54 Å². The van der Waals surface area contributed by atoms with Gasteiger partial charge in [0.05, 0.1) is 5.92 Å². The van der Waals surface area contributed by atoms with Crippen molar-refractivity contribution < 1.29 is 19.5 Å². The van der Waals surface area contributed by atoms with Crippen molar-refractivity contribution in [1.29, 1.82) is 0 Å². The van der Waals surface area contributed by atoms with Gasteiger partial charge in [-0.05, 0) is 38.3 Å². The van der Waals surface area contributed by atoms with Crippen LogP contribution in [-0.4, -0.2) is 46.5 Å². The molecule has 1 fully saturated rings. The van der Waals surface area contributed by atoms with Crippen molar-refractivity contribution in [3.63, 3.8) is 0 Å². The van der Waals surface area contributed by atoms with E-state index in [-0.39, 0.29) is 18.5 Å². The number of carbonyl (C=O) groups excluding carboxylic acids is 2. The Morgan fingerprint density at radius 3 is 2.56 bits per heavy atom. The summed E-state index contributed by atoms with van der Waals surface area (Å²) in [5.74, 6) is -1.78. The highest BCUT2D eigenvalue weighted by Crippen LogP contribution is 2.20. The molecule has 7 nitrogen and oxygen atoms in total. The van der Waals surface area contributed by atoms with Crippen LogP contribution < -0.4 is 10.6 Å². The molecule has 1 aromatic rings. The third kappa shape index (κ3) is 4.71. The standard InChI is InChI=1S/C18H25N3O4/c1-3-18(2,16(23)24)20-15(22)13-8-7-11-21(12-13)17(25)19-14-9-5-4-6-10-14/h4-6,9-10,13H,3,7-8,11-12H2,1-2H3,(H,19,25)(H,20,22)(H,23,24). The molecule has 136 valence electrons. The maximum absolute atomic E-state index is 12.5. The summed E-state index contributed by atoms with van der Waals surface area (Å²) < 4.78 is 0. The molecule has 2 atom stereocenters. The normalized spacial score (nSPS) is 19.6. The first-order valence-electron chi connectivity index (χ1n) is 8.52. The topological polar surface area (TPSA) is 98.7 Å². The highest BCUT2D eigenvalue weighted by molar-refractivity contribution is 5.91. The zero-order chi connectivity index (χ0) is 18.4. The summed E-state index contributed by atoms with van der Waals surface area (Å²) >= 11 is 0. The molecule has 2 unspecified atom stereocenters. The summed E-state index contributed by atoms with van der Waals surface area (Å²) in [6, 6.07) is 8.88. The van der Waals surface area contributed by atoms with E-state index in [9.17, 15) is 19.5 Å². The van der Waals surface area contributed by atoms with Crippen LogP contribution in [0.1, 0.15) is 33.1 Å². The Labute approximate surface area is 147 Å². The number of anilines is 1. The molecule has 0 spiro atoms. The number of carboxylic acids is 1. The Bertz CT molecular complexity index is 634. The number of piperidine rings is 1. The number of carbonyl (C=O) groups is 3. The molecule has 0 bridgehead atoms. The SMILES string of the molecule is CCC(C)(NC(=O)C1CCCN(C(=O)Nc2ccccc2)C1)C(=O)O. The van der Waals surface area contributed by atoms with Gasteiger partial charge in [0.15, 0.2) is 0 Å². The minimum absolute atomic E-state index is 0.250. The molecule has 0 saturated carbocycles. The molecule has 3 N–H and O–H groups in total. The molecule has 1 heterocycles. The van der Waals surface area contributed by atoms with Gasteiger partial charge in [0, 0.05) is 18.8 Å². The van der Waals surface area contributed by atoms with E-state index in [1.54, 1.807) is 24.0 Å². The molecule has 3 amide bonds. The Balaban J connectivity index is 1.96. The summed E-state index contributed by atoms with van der Waals surface area (Å²) in [4.78, 5) is 37.8. The van der Waals surface area contributed by atoms with E-state index in [2.05, 4.69) is 10.6 Å². The highest BCUT2D eigenvalue weighted by atomic mass is 16.4. The zero-order valence-corrected chi connectivity index (χ0v) is 14.6. The van der Waals surface area contributed by atoms with Gasteiger partial charge >= 0.3 is 12.0 Å². The average molecular weight is 347 g/mol. The Kier molecular flexibility index (Phi) is 6.01. The van der Waals surface area contributed by atoms with E-state index in [0.717, 1.165) is 0 Å². The minimum Gasteiger partial charge on any atom is -0.480 e. The van der Waals surface area contributed by atoms with E-state index in [1.807, 2.05) is 18.2 Å². The van der Waals surface area contributed by atoms with Gasteiger partial charge in [-0.15, -0.1) is 0 Å². The van der Waals surface area contributed by atoms with Crippen LogP contribution in [0.4, 0.5) is 10.5 Å². The van der Waals surface area contributed by atoms with Gasteiger partial charge in [-0.25, -0.2) is 9.59 Å². The van der Waals surface area contributed by atoms with Crippen LogP contribution >= 0.6 is 0 Å². The van der Waals surface area contributed by atoms with Gasteiger partial charge in [0.2, 0.25) is 5.91 Å². The van der Waals surface area contributed by atoms with Crippen LogP contribution in [0.3, 0.4) is 0 Å². The lowest BCUT2D eigenvalue weighted by Crippen LogP contribution is -2.55. The quantitative estimate of drug-likeness (QED) is 0.761. The maximum Gasteiger partial charge on any atom is 0.329 e. The van der Waals surface area contributed by atoms with Crippen molar-refractivity contribution in [3.05, 3.63) is 30.3 Å². The second kappa shape index (κ2) is 8.00. The fraction of sp³-hybridized carbons (Fsp3) is 0.500. The molecule has 1 aliphatic heterocycles. The van der Waals surface area contributed by atoms with Crippen LogP contribution in [0.15, 0.2) is 30.3 Å². The largest absolute Gasteiger partial charge is 0.480 e. The second-order valence-electron chi connectivity index (χ2n) is 6.56. The third-order valence-electron chi connectivity index (χ3n) is 4.68. The number of nitrogens with zero attached hydrogens (tertiary/aromatic N) is 1. The number of likely N-dealkylation sites (tertiary alicyclic amines) is 1. The molecule has 2 rings (SSSR count). The zero-order valence-electron chi connectivity index (χ0n) is 14.6. The molecule has 25 heavy (non-hydrogen) atoms. The Morgan fingerprint density at radius 1 is 1.28 bits per heavy atom. The first-order chi connectivity index (χ1) is 11.9. The van der Waals surface area contributed by atoms with E-state index < -0.39 is 17.4 Å². The third-order valence-corrected chi connectivity index (χ3v) is 4.68. The van der Waals surface area contributed by atoms with Crippen molar-refractivity contribution in [1.82, 2.24) is 10.2 Å². The molecule has 1 saturated heterocycles. The summed E-state index contributed by atoms with van der Waals surface area (Å²) in [6.45, 7) is 4.07. The summed E-state index contributed by atoms with van der Waals surface area (Å²) in [7, 11) is 0. The number of carboxylic acid groups (broad SMARTS) is 1. The van der Waals surface area contributed by atoms with E-state index >= 15 is 0 Å². The number of urea groups is 1. The number of hydrogen-bond donors (Lipinski definition) is 3. The predicted molar refractivity (Wildman–Crippen MR) is 94.2 cm³/mol. The van der Waals surface area contributed by atoms with Crippen LogP contribution in [0.25, 0.3) is 0 Å². The molecule has 1 aliphatic rings. The predicted octanol–water partition coefficient (Wildman–Crippen LogP) is 2.30. The second-order valence-corrected chi connectivity index (χ2v) is 6.56. The van der Waals surface area contributed by atoms with Gasteiger partial charge in [-0.2, -0.15) is 0 Å². The molecule has 7 heteroatoms. The highest BCUT2D eigenvalue weighted by Gasteiger charge is 2.36. The van der Waals surface area contributed by atoms with Crippen LogP contribution in [-0.2, 0) is 9.59 Å². The van der Waals surface area contributed by atoms with E-state index in [1.165, 1.54) is 6.92 Å². The molecule has 0 aromatic heterocycles. The van der Waals surface area contributed by atoms with Gasteiger partial charge in [-0.1, -0.05) is 25.1 Å². The molecule has 0 radical (unpaired) electrons. The van der Waals surface area contributed by atoms with Crippen LogP contribution in [0.2, 0.25) is 0 Å². The van der Waals surface area contributed by atoms with Crippen molar-refractivity contribution in [2.45, 2.75) is 38.6 Å². The number of benzene rings is 1. The first kappa shape index (κ1) is 18.8. The minimum atomic E-state index is -1.29. The van der Waals surface area contributed by atoms with Crippen molar-refractivity contribution in [2.24, 2.45) is 5.92 Å². The Morgan fingerprint density at radius 2 is 1.96 bits per heavy atom. The number of amides is 3. The van der Waals surface area contributed by atoms with Crippen molar-refractivity contribution in [2.75, 3.05) is 18.4 Å². The summed E-state index contributed by atoms with van der Waals surface area (Å²) in [5.41, 5.74) is -0.588. The van der Waals surface area contributed by atoms with E-state index in [0.29, 0.717) is 31.5 Å². The fourth-order valence-corrected chi connectivity index (χ4v) is 2.77. The number of nitrogens with one attached hydrogen (secondary N) is 2. The fourth-order valence-electron chi connectivity index (χ4n) is 2.77. The Hall–Kier alpha value is -2.57. The van der Waals surface area contributed by atoms with Crippen molar-refractivity contribution >= 4 is 23.6 Å². The van der Waals surface area contributed by atoms with Gasteiger partial charge < -0.3 is 20.6 Å². The molecule has 0 aliphatic carbocycles. The first-order valence-corrected chi connectivity index (χ1v) is 8.52. The van der Waals surface area contributed by atoms with E-state index in [4.69, 9.17) is 0 Å². The smallest absolute Gasteiger partial charge is 0.329 e. The van der Waals surface area contributed by atoms with Gasteiger partial charge in [0.25, 0.3) is 0 Å². The van der Waals surface area contributed by atoms with Crippen LogP contribution in [0.5, 0.6) is 0 Å². The lowest BCUT2D eigenvalue weighted by Gasteiger charge is -2.34. The number of rotatable bonds is 5. The monoisotopic (exact) mass is 347 g/mol. The van der Waals surface area contributed by atoms with Crippen LogP contribution in [0, 0.1) is 5.92 Å². The van der Waals surface area contributed by atoms with Crippen molar-refractivity contribution in [3.8, 4) is 0 Å².